The molecule has 2 aromatic carbocycles. The third kappa shape index (κ3) is 16.6. The smallest absolute Gasteiger partial charge is 0.263 e. The molecule has 0 bridgehead atoms. The van der Waals surface area contributed by atoms with Gasteiger partial charge in [-0.15, -0.1) is 5.10 Å². The zero-order valence-electron chi connectivity index (χ0n) is 45.3. The molecule has 0 aliphatic carbocycles. The minimum Gasteiger partial charge on any atom is -0.485 e. The molecule has 0 aliphatic heterocycles. The van der Waals surface area contributed by atoms with Crippen LogP contribution >= 0.6 is 100 Å². The highest BCUT2D eigenvalue weighted by Gasteiger charge is 2.09. The third-order valence-corrected chi connectivity index (χ3v) is 14.7. The van der Waals surface area contributed by atoms with Gasteiger partial charge in [0.25, 0.3) is 11.1 Å². The lowest BCUT2D eigenvalue weighted by molar-refractivity contribution is 0.289. The van der Waals surface area contributed by atoms with Crippen LogP contribution in [0.25, 0.3) is 39.5 Å². The van der Waals surface area contributed by atoms with Gasteiger partial charge < -0.3 is 9.47 Å². The van der Waals surface area contributed by atoms with E-state index < -0.39 is 0 Å². The van der Waals surface area contributed by atoms with E-state index in [0.717, 1.165) is 50.1 Å². The molecule has 16 rings (SSSR count). The van der Waals surface area contributed by atoms with Gasteiger partial charge in [-0.1, -0.05) is 83.9 Å². The fourth-order valence-electron chi connectivity index (χ4n) is 7.66. The Balaban J connectivity index is 0.000000116. The second-order valence-electron chi connectivity index (χ2n) is 17.7. The Morgan fingerprint density at radius 2 is 0.978 bits per heavy atom. The lowest BCUT2D eigenvalue weighted by Gasteiger charge is -2.07. The summed E-state index contributed by atoms with van der Waals surface area (Å²) in [7, 11) is 0. The van der Waals surface area contributed by atoms with Crippen LogP contribution in [0.5, 0.6) is 11.6 Å². The Kier molecular flexibility index (Phi) is 21.1. The topological polar surface area (TPSA) is 310 Å². The van der Waals surface area contributed by atoms with Gasteiger partial charge in [0.05, 0.1) is 21.3 Å². The molecule has 0 aliphatic rings. The Hall–Kier alpha value is -9.42. The molecule has 448 valence electrons. The van der Waals surface area contributed by atoms with Crippen LogP contribution in [-0.4, -0.2) is 102 Å². The van der Waals surface area contributed by atoms with E-state index in [2.05, 4.69) is 148 Å². The number of nitrogens with zero attached hydrogens (tertiary/aromatic N) is 17. The summed E-state index contributed by atoms with van der Waals surface area (Å²) in [5, 5.41) is 24.1. The number of aromatic amines is 4. The lowest BCUT2D eigenvalue weighted by Crippen LogP contribution is -2.09. The maximum atomic E-state index is 11.1. The molecule has 14 aromatic heterocycles. The number of halogens is 6. The number of fused-ring (bicyclic) bond motifs is 7. The first-order chi connectivity index (χ1) is 43.2. The molecular formula is C56H41Br2Cl2I2N21O6. The van der Waals surface area contributed by atoms with Crippen LogP contribution < -0.4 is 31.4 Å². The Labute approximate surface area is 552 Å². The van der Waals surface area contributed by atoms with Gasteiger partial charge in [-0.05, 0) is 106 Å². The van der Waals surface area contributed by atoms with E-state index in [1.165, 1.54) is 24.3 Å². The molecule has 0 spiro atoms. The second kappa shape index (κ2) is 30.0. The van der Waals surface area contributed by atoms with Gasteiger partial charge in [0.15, 0.2) is 49.9 Å². The molecule has 0 fully saturated rings. The fraction of sp³-hybridized carbons (Fsp3) is 0.0357. The average Bonchev–Trinajstić information content (AvgIpc) is 3.93. The summed E-state index contributed by atoms with van der Waals surface area (Å²) >= 11 is 22.6. The van der Waals surface area contributed by atoms with Crippen molar-refractivity contribution in [3.63, 3.8) is 0 Å². The average molecular weight is 1590 g/mol. The summed E-state index contributed by atoms with van der Waals surface area (Å²) in [4.78, 5) is 71.7. The van der Waals surface area contributed by atoms with Crippen LogP contribution in [0.15, 0.2) is 230 Å². The van der Waals surface area contributed by atoms with Crippen molar-refractivity contribution in [2.75, 3.05) is 0 Å². The number of imidazole rings is 7. The van der Waals surface area contributed by atoms with Crippen molar-refractivity contribution in [3.8, 4) is 11.6 Å². The summed E-state index contributed by atoms with van der Waals surface area (Å²) in [5.41, 5.74) is 6.44. The second-order valence-corrected chi connectivity index (χ2v) is 22.4. The molecule has 0 saturated heterocycles. The first-order valence-corrected chi connectivity index (χ1v) is 30.2. The molecule has 89 heavy (non-hydrogen) atoms. The number of hydrogen-bond acceptors (Lipinski definition) is 16. The molecule has 33 heteroatoms. The Morgan fingerprint density at radius 1 is 0.461 bits per heavy atom. The number of benzene rings is 2. The van der Waals surface area contributed by atoms with E-state index in [1.54, 1.807) is 143 Å². The Bertz CT molecular complexity index is 5230. The van der Waals surface area contributed by atoms with Gasteiger partial charge in [-0.25, -0.2) is 66.5 Å². The maximum Gasteiger partial charge on any atom is 0.263 e. The normalized spacial score (nSPS) is 10.6. The van der Waals surface area contributed by atoms with Crippen LogP contribution in [0, 0.1) is 7.40 Å². The van der Waals surface area contributed by atoms with Crippen molar-refractivity contribution in [3.05, 3.63) is 281 Å². The van der Waals surface area contributed by atoms with Crippen molar-refractivity contribution in [2.24, 2.45) is 0 Å². The summed E-state index contributed by atoms with van der Waals surface area (Å²) < 4.78 is 26.2. The molecule has 0 amide bonds. The first-order valence-electron chi connectivity index (χ1n) is 25.7. The van der Waals surface area contributed by atoms with Crippen LogP contribution in [0.2, 0.25) is 10.3 Å². The summed E-state index contributed by atoms with van der Waals surface area (Å²) in [5.74, 6) is 1.19. The van der Waals surface area contributed by atoms with E-state index in [4.69, 9.17) is 32.7 Å². The van der Waals surface area contributed by atoms with Gasteiger partial charge in [0.2, 0.25) is 22.4 Å². The SMILES string of the molecule is Brc1cc(OCc2ccccc2)nn2ccnc12.Clc1cc(Br)c2nccn2n1.Clc1cc(OCc2ccccc2)c2nccn2n1.O=c1cc[nH]n2c(I)cnc12.O=c1cc[nH]n2ccnc12.O=c1ccc2ncc(I)n2[nH]1.O=c1ccc2nccn2[nH]1. The van der Waals surface area contributed by atoms with Crippen molar-refractivity contribution >= 4 is 140 Å². The van der Waals surface area contributed by atoms with Gasteiger partial charge in [0, 0.05) is 111 Å². The molecule has 27 nitrogen and oxygen atoms in total. The molecule has 0 radical (unpaired) electrons. The molecule has 0 atom stereocenters. The summed E-state index contributed by atoms with van der Waals surface area (Å²) in [6, 6.07) is 34.3. The molecule has 4 N–H and O–H groups in total. The number of ether oxygens (including phenoxy) is 2. The monoisotopic (exact) mass is 1580 g/mol. The molecule has 0 saturated carbocycles. The van der Waals surface area contributed by atoms with Gasteiger partial charge in [0.1, 0.15) is 20.6 Å². The minimum absolute atomic E-state index is 0.0633. The van der Waals surface area contributed by atoms with E-state index >= 15 is 0 Å². The minimum atomic E-state index is -0.120. The molecule has 0 unspecified atom stereocenters. The highest BCUT2D eigenvalue weighted by molar-refractivity contribution is 14.1. The van der Waals surface area contributed by atoms with Gasteiger partial charge in [-0.2, -0.15) is 10.2 Å². The first kappa shape index (κ1) is 62.6. The number of aromatic nitrogens is 21. The number of rotatable bonds is 6. The van der Waals surface area contributed by atoms with Crippen LogP contribution in [0.1, 0.15) is 11.1 Å². The number of nitrogens with one attached hydrogen (secondary N) is 4. The third-order valence-electron chi connectivity index (χ3n) is 11.7. The zero-order chi connectivity index (χ0) is 62.2. The zero-order valence-corrected chi connectivity index (χ0v) is 54.3. The molecular weight excluding hydrogens is 1550 g/mol. The van der Waals surface area contributed by atoms with Crippen LogP contribution in [0.4, 0.5) is 0 Å². The van der Waals surface area contributed by atoms with Crippen molar-refractivity contribution in [2.45, 2.75) is 13.2 Å². The van der Waals surface area contributed by atoms with E-state index in [-0.39, 0.29) is 22.0 Å². The standard InChI is InChI=1S/C13H10BrN3O.C13H10ClN3O.C6H3BrClN3.2C6H4IN3O.2C6H5N3O/c14-11-8-12(16-17-7-6-15-13(11)17)18-9-10-4-2-1-3-5-10;14-12-8-11(13-15-6-7-17(13)16-12)18-9-10-4-2-1-3-5-10;7-4-3-5(8)10-11-2-1-9-6(4)11;7-4-3-8-5-1-2-6(11)9-10(4)5;7-5-3-8-6-4(11)1-2-9-10(5)6;10-5-1-2-8-9-4-3-7-6(5)9;10-6-2-1-5-7-3-4-9(5)8-6/h2*1-8H,9H2;1-3H;1-3H,(H,9,11);1-3,9H;1-4,8H;1-4H,(H,8,10). The van der Waals surface area contributed by atoms with E-state index in [9.17, 15) is 19.2 Å². The highest BCUT2D eigenvalue weighted by Crippen LogP contribution is 2.23. The fourth-order valence-corrected chi connectivity index (χ4v) is 10.2. The summed E-state index contributed by atoms with van der Waals surface area (Å²) in [6.07, 6.45) is 23.4. The Morgan fingerprint density at radius 3 is 1.65 bits per heavy atom. The van der Waals surface area contributed by atoms with E-state index in [0.29, 0.717) is 52.1 Å². The predicted molar refractivity (Wildman–Crippen MR) is 355 cm³/mol. The predicted octanol–water partition coefficient (Wildman–Crippen LogP) is 9.48. The maximum absolute atomic E-state index is 11.1. The van der Waals surface area contributed by atoms with Gasteiger partial charge in [-0.3, -0.25) is 39.6 Å². The van der Waals surface area contributed by atoms with Crippen molar-refractivity contribution < 1.29 is 9.47 Å². The quantitative estimate of drug-likeness (QED) is 0.113. The van der Waals surface area contributed by atoms with Gasteiger partial charge >= 0.3 is 0 Å². The number of hydrogen-bond donors (Lipinski definition) is 4. The molecule has 16 aromatic rings. The highest BCUT2D eigenvalue weighted by atomic mass is 127. The lowest BCUT2D eigenvalue weighted by atomic mass is 10.2. The van der Waals surface area contributed by atoms with E-state index in [1.807, 2.05) is 66.7 Å². The van der Waals surface area contributed by atoms with Crippen molar-refractivity contribution in [1.82, 2.24) is 102 Å². The number of H-pyrrole nitrogens is 4. The largest absolute Gasteiger partial charge is 0.485 e. The summed E-state index contributed by atoms with van der Waals surface area (Å²) in [6.45, 7) is 0.976. The van der Waals surface area contributed by atoms with Crippen LogP contribution in [-0.2, 0) is 13.2 Å². The molecule has 14 heterocycles. The van der Waals surface area contributed by atoms with Crippen LogP contribution in [0.3, 0.4) is 0 Å². The van der Waals surface area contributed by atoms with Crippen molar-refractivity contribution in [1.29, 1.82) is 0 Å².